The van der Waals surface area contributed by atoms with E-state index >= 15 is 0 Å². The summed E-state index contributed by atoms with van der Waals surface area (Å²) in [4.78, 5) is 8.60. The molecule has 2 aromatic heterocycles. The van der Waals surface area contributed by atoms with Crippen LogP contribution in [0, 0.1) is 0 Å². The quantitative estimate of drug-likeness (QED) is 0.788. The van der Waals surface area contributed by atoms with Crippen LogP contribution in [0.15, 0.2) is 47.3 Å². The molecule has 0 saturated heterocycles. The Morgan fingerprint density at radius 3 is 2.83 bits per heavy atom. The van der Waals surface area contributed by atoms with E-state index in [1.807, 2.05) is 48.3 Å². The Morgan fingerprint density at radius 2 is 2.06 bits per heavy atom. The molecule has 2 heterocycles. The zero-order valence-electron chi connectivity index (χ0n) is 9.76. The molecule has 0 amide bonds. The molecule has 90 valence electrons. The normalized spacial score (nSPS) is 10.8. The van der Waals surface area contributed by atoms with Gasteiger partial charge in [0.25, 0.3) is 0 Å². The number of nitrogens with zero attached hydrogens (tertiary/aromatic N) is 3. The Bertz CT molecular complexity index is 688. The second-order valence-corrected chi connectivity index (χ2v) is 4.96. The van der Waals surface area contributed by atoms with Crippen molar-refractivity contribution in [2.45, 2.75) is 0 Å². The van der Waals surface area contributed by atoms with Crippen molar-refractivity contribution in [2.75, 3.05) is 5.32 Å². The van der Waals surface area contributed by atoms with E-state index in [0.717, 1.165) is 27.0 Å². The third-order valence-corrected chi connectivity index (χ3v) is 3.19. The smallest absolute Gasteiger partial charge is 0.130 e. The van der Waals surface area contributed by atoms with Crippen LogP contribution in [0.2, 0.25) is 0 Å². The second-order valence-electron chi connectivity index (χ2n) is 4.05. The van der Waals surface area contributed by atoms with Crippen molar-refractivity contribution >= 4 is 38.5 Å². The lowest BCUT2D eigenvalue weighted by molar-refractivity contribution is 0.948. The van der Waals surface area contributed by atoms with Crippen LogP contribution in [0.4, 0.5) is 11.5 Å². The highest BCUT2D eigenvalue weighted by atomic mass is 79.9. The first-order chi connectivity index (χ1) is 8.72. The van der Waals surface area contributed by atoms with Crippen molar-refractivity contribution < 1.29 is 0 Å². The number of fused-ring (bicyclic) bond motifs is 1. The van der Waals surface area contributed by atoms with Gasteiger partial charge in [0.05, 0.1) is 17.4 Å². The van der Waals surface area contributed by atoms with Gasteiger partial charge in [0.1, 0.15) is 5.82 Å². The van der Waals surface area contributed by atoms with Gasteiger partial charge in [-0.05, 0) is 46.3 Å². The summed E-state index contributed by atoms with van der Waals surface area (Å²) in [5, 5.41) is 3.25. The Hall–Kier alpha value is -1.88. The minimum absolute atomic E-state index is 0.813. The van der Waals surface area contributed by atoms with Gasteiger partial charge in [-0.25, -0.2) is 9.97 Å². The molecular formula is C13H11BrN4. The van der Waals surface area contributed by atoms with Crippen LogP contribution < -0.4 is 5.32 Å². The van der Waals surface area contributed by atoms with E-state index in [1.165, 1.54) is 0 Å². The van der Waals surface area contributed by atoms with E-state index in [1.54, 1.807) is 6.20 Å². The summed E-state index contributed by atoms with van der Waals surface area (Å²) in [6, 6.07) is 9.96. The lowest BCUT2D eigenvalue weighted by Crippen LogP contribution is -1.93. The van der Waals surface area contributed by atoms with Crippen molar-refractivity contribution in [2.24, 2.45) is 7.05 Å². The predicted octanol–water partition coefficient (Wildman–Crippen LogP) is 3.47. The van der Waals surface area contributed by atoms with E-state index in [9.17, 15) is 0 Å². The molecule has 0 aliphatic heterocycles. The molecule has 3 rings (SSSR count). The summed E-state index contributed by atoms with van der Waals surface area (Å²) >= 11 is 3.36. The van der Waals surface area contributed by atoms with Gasteiger partial charge in [0.2, 0.25) is 0 Å². The minimum atomic E-state index is 0.813. The van der Waals surface area contributed by atoms with Gasteiger partial charge in [-0.2, -0.15) is 0 Å². The number of benzene rings is 1. The molecule has 3 aromatic rings. The molecule has 0 radical (unpaired) electrons. The Morgan fingerprint density at radius 1 is 1.17 bits per heavy atom. The lowest BCUT2D eigenvalue weighted by Gasteiger charge is -2.05. The summed E-state index contributed by atoms with van der Waals surface area (Å²) in [5.74, 6) is 0.813. The SMILES string of the molecule is Cn1cnc2cc(Nc3ccc(Br)cn3)ccc21. The fourth-order valence-electron chi connectivity index (χ4n) is 1.81. The average molecular weight is 303 g/mol. The second kappa shape index (κ2) is 4.42. The Labute approximate surface area is 113 Å². The number of nitrogens with one attached hydrogen (secondary N) is 1. The van der Waals surface area contributed by atoms with Crippen molar-refractivity contribution in [3.63, 3.8) is 0 Å². The highest BCUT2D eigenvalue weighted by molar-refractivity contribution is 9.10. The van der Waals surface area contributed by atoms with Gasteiger partial charge in [0, 0.05) is 23.4 Å². The number of imidazole rings is 1. The maximum Gasteiger partial charge on any atom is 0.130 e. The summed E-state index contributed by atoms with van der Waals surface area (Å²) in [7, 11) is 1.98. The number of anilines is 2. The van der Waals surface area contributed by atoms with Crippen LogP contribution >= 0.6 is 15.9 Å². The third kappa shape index (κ3) is 2.09. The van der Waals surface area contributed by atoms with Gasteiger partial charge < -0.3 is 9.88 Å². The maximum absolute atomic E-state index is 4.33. The Balaban J connectivity index is 1.92. The average Bonchev–Trinajstić information content (AvgIpc) is 2.74. The molecule has 0 aliphatic rings. The summed E-state index contributed by atoms with van der Waals surface area (Å²) in [6.07, 6.45) is 3.58. The number of rotatable bonds is 2. The standard InChI is InChI=1S/C13H11BrN4/c1-18-8-16-11-6-10(3-4-12(11)18)17-13-5-2-9(14)7-15-13/h2-8H,1H3,(H,15,17). The first kappa shape index (κ1) is 11.2. The van der Waals surface area contributed by atoms with Crippen LogP contribution in [0.25, 0.3) is 11.0 Å². The molecule has 1 N–H and O–H groups in total. The van der Waals surface area contributed by atoms with Crippen molar-refractivity contribution in [1.29, 1.82) is 0 Å². The highest BCUT2D eigenvalue weighted by Gasteiger charge is 2.01. The van der Waals surface area contributed by atoms with E-state index < -0.39 is 0 Å². The number of hydrogen-bond acceptors (Lipinski definition) is 3. The Kier molecular flexibility index (Phi) is 2.76. The topological polar surface area (TPSA) is 42.7 Å². The molecule has 4 nitrogen and oxygen atoms in total. The van der Waals surface area contributed by atoms with Gasteiger partial charge in [-0.3, -0.25) is 0 Å². The summed E-state index contributed by atoms with van der Waals surface area (Å²) < 4.78 is 2.96. The molecule has 0 atom stereocenters. The van der Waals surface area contributed by atoms with Gasteiger partial charge in [0.15, 0.2) is 0 Å². The fourth-order valence-corrected chi connectivity index (χ4v) is 2.05. The molecule has 0 spiro atoms. The third-order valence-electron chi connectivity index (χ3n) is 2.73. The molecule has 5 heteroatoms. The monoisotopic (exact) mass is 302 g/mol. The molecule has 0 aliphatic carbocycles. The minimum Gasteiger partial charge on any atom is -0.340 e. The first-order valence-electron chi connectivity index (χ1n) is 5.52. The van der Waals surface area contributed by atoms with Crippen LogP contribution in [0.1, 0.15) is 0 Å². The van der Waals surface area contributed by atoms with E-state index in [2.05, 4.69) is 31.2 Å². The lowest BCUT2D eigenvalue weighted by atomic mass is 10.2. The number of pyridine rings is 1. The maximum atomic E-state index is 4.33. The molecule has 1 aromatic carbocycles. The van der Waals surface area contributed by atoms with Crippen LogP contribution in [-0.2, 0) is 7.05 Å². The fraction of sp³-hybridized carbons (Fsp3) is 0.0769. The van der Waals surface area contributed by atoms with E-state index in [0.29, 0.717) is 0 Å². The van der Waals surface area contributed by atoms with Gasteiger partial charge >= 0.3 is 0 Å². The van der Waals surface area contributed by atoms with Crippen molar-refractivity contribution in [3.8, 4) is 0 Å². The number of aromatic nitrogens is 3. The van der Waals surface area contributed by atoms with E-state index in [4.69, 9.17) is 0 Å². The first-order valence-corrected chi connectivity index (χ1v) is 6.31. The largest absolute Gasteiger partial charge is 0.340 e. The summed E-state index contributed by atoms with van der Waals surface area (Å²) in [5.41, 5.74) is 3.07. The van der Waals surface area contributed by atoms with Crippen molar-refractivity contribution in [3.05, 3.63) is 47.3 Å². The van der Waals surface area contributed by atoms with Gasteiger partial charge in [-0.1, -0.05) is 0 Å². The molecule has 0 bridgehead atoms. The molecule has 18 heavy (non-hydrogen) atoms. The van der Waals surface area contributed by atoms with Gasteiger partial charge in [-0.15, -0.1) is 0 Å². The number of aryl methyl sites for hydroxylation is 1. The zero-order valence-corrected chi connectivity index (χ0v) is 11.3. The van der Waals surface area contributed by atoms with Crippen LogP contribution in [-0.4, -0.2) is 14.5 Å². The van der Waals surface area contributed by atoms with Crippen LogP contribution in [0.3, 0.4) is 0 Å². The molecule has 0 saturated carbocycles. The highest BCUT2D eigenvalue weighted by Crippen LogP contribution is 2.21. The predicted molar refractivity (Wildman–Crippen MR) is 75.9 cm³/mol. The summed E-state index contributed by atoms with van der Waals surface area (Å²) in [6.45, 7) is 0. The van der Waals surface area contributed by atoms with Crippen molar-refractivity contribution in [1.82, 2.24) is 14.5 Å². The number of hydrogen-bond donors (Lipinski definition) is 1. The molecule has 0 fully saturated rings. The number of halogens is 1. The van der Waals surface area contributed by atoms with Crippen LogP contribution in [0.5, 0.6) is 0 Å². The molecular weight excluding hydrogens is 292 g/mol. The zero-order chi connectivity index (χ0) is 12.5. The van der Waals surface area contributed by atoms with E-state index in [-0.39, 0.29) is 0 Å². The molecule has 0 unspecified atom stereocenters.